The number of hydrogen-bond acceptors (Lipinski definition) is 6. The zero-order valence-corrected chi connectivity index (χ0v) is 17.6. The van der Waals surface area contributed by atoms with E-state index in [9.17, 15) is 19.1 Å². The first-order valence-corrected chi connectivity index (χ1v) is 10.4. The van der Waals surface area contributed by atoms with E-state index < -0.39 is 17.8 Å². The molecule has 0 aliphatic carbocycles. The maximum Gasteiger partial charge on any atom is 0.338 e. The minimum atomic E-state index is -0.759. The summed E-state index contributed by atoms with van der Waals surface area (Å²) in [5.74, 6) is -0.883. The molecule has 1 aliphatic heterocycles. The van der Waals surface area contributed by atoms with E-state index in [4.69, 9.17) is 4.74 Å². The van der Waals surface area contributed by atoms with Crippen molar-refractivity contribution in [2.45, 2.75) is 19.9 Å². The van der Waals surface area contributed by atoms with E-state index in [1.807, 2.05) is 0 Å². The van der Waals surface area contributed by atoms with Crippen LogP contribution in [0.2, 0.25) is 0 Å². The third-order valence-electron chi connectivity index (χ3n) is 4.87. The molecule has 0 unspecified atom stereocenters. The molecular formula is C23H19FN2O4S. The Morgan fingerprint density at radius 3 is 2.71 bits per heavy atom. The highest BCUT2D eigenvalue weighted by Gasteiger charge is 2.33. The number of ether oxygens (including phenoxy) is 1. The molecule has 4 rings (SSSR count). The number of hydrogen-bond donors (Lipinski definition) is 1. The number of fused-ring (bicyclic) bond motifs is 1. The fraction of sp³-hybridized carbons (Fsp3) is 0.174. The monoisotopic (exact) mass is 438 g/mol. The first kappa shape index (κ1) is 20.7. The Balaban J connectivity index is 1.96. The van der Waals surface area contributed by atoms with E-state index in [-0.39, 0.29) is 23.5 Å². The van der Waals surface area contributed by atoms with E-state index >= 15 is 0 Å². The minimum absolute atomic E-state index is 0.0700. The molecule has 0 saturated heterocycles. The summed E-state index contributed by atoms with van der Waals surface area (Å²) in [5, 5.41) is 9.68. The molecule has 1 aliphatic rings. The Hall–Kier alpha value is -3.52. The van der Waals surface area contributed by atoms with Gasteiger partial charge in [0, 0.05) is 0 Å². The second kappa shape index (κ2) is 8.31. The number of allylic oxidation sites excluding steroid dienone is 1. The van der Waals surface area contributed by atoms with Gasteiger partial charge < -0.3 is 9.84 Å². The van der Waals surface area contributed by atoms with E-state index in [0.29, 0.717) is 26.2 Å². The van der Waals surface area contributed by atoms with Crippen LogP contribution in [0.25, 0.3) is 6.08 Å². The largest absolute Gasteiger partial charge is 0.508 e. The summed E-state index contributed by atoms with van der Waals surface area (Å²) in [6, 6.07) is 11.5. The molecule has 2 aromatic carbocycles. The maximum atomic E-state index is 13.6. The molecule has 31 heavy (non-hydrogen) atoms. The molecule has 0 spiro atoms. The van der Waals surface area contributed by atoms with Crippen molar-refractivity contribution in [3.05, 3.63) is 96.4 Å². The van der Waals surface area contributed by atoms with Crippen LogP contribution in [0, 0.1) is 5.82 Å². The van der Waals surface area contributed by atoms with Gasteiger partial charge in [-0.2, -0.15) is 0 Å². The van der Waals surface area contributed by atoms with Crippen molar-refractivity contribution in [2.75, 3.05) is 6.61 Å². The first-order chi connectivity index (χ1) is 14.9. The van der Waals surface area contributed by atoms with Crippen molar-refractivity contribution < 1.29 is 19.0 Å². The number of phenolic OH excluding ortho intramolecular Hbond substituents is 1. The van der Waals surface area contributed by atoms with Gasteiger partial charge in [-0.1, -0.05) is 35.6 Å². The lowest BCUT2D eigenvalue weighted by molar-refractivity contribution is -0.139. The normalized spacial score (nSPS) is 16.1. The molecule has 6 nitrogen and oxygen atoms in total. The van der Waals surface area contributed by atoms with Gasteiger partial charge in [0.25, 0.3) is 5.56 Å². The van der Waals surface area contributed by atoms with Crippen LogP contribution in [0.3, 0.4) is 0 Å². The van der Waals surface area contributed by atoms with Gasteiger partial charge in [0.1, 0.15) is 11.6 Å². The molecule has 158 valence electrons. The van der Waals surface area contributed by atoms with Gasteiger partial charge in [0.2, 0.25) is 0 Å². The highest BCUT2D eigenvalue weighted by Crippen LogP contribution is 2.31. The zero-order chi connectivity index (χ0) is 22.1. The highest BCUT2D eigenvalue weighted by atomic mass is 32.1. The van der Waals surface area contributed by atoms with Crippen LogP contribution in [0.15, 0.2) is 69.6 Å². The second-order valence-corrected chi connectivity index (χ2v) is 7.96. The number of phenols is 1. The van der Waals surface area contributed by atoms with Gasteiger partial charge in [0.15, 0.2) is 4.80 Å². The average molecular weight is 438 g/mol. The predicted molar refractivity (Wildman–Crippen MR) is 115 cm³/mol. The van der Waals surface area contributed by atoms with Crippen LogP contribution in [0.1, 0.15) is 31.0 Å². The van der Waals surface area contributed by atoms with Crippen molar-refractivity contribution in [3.63, 3.8) is 0 Å². The summed E-state index contributed by atoms with van der Waals surface area (Å²) in [6.45, 7) is 3.59. The van der Waals surface area contributed by atoms with Crippen molar-refractivity contribution >= 4 is 23.4 Å². The molecule has 8 heteroatoms. The zero-order valence-electron chi connectivity index (χ0n) is 16.8. The molecule has 2 heterocycles. The second-order valence-electron chi connectivity index (χ2n) is 6.95. The van der Waals surface area contributed by atoms with E-state index in [1.54, 1.807) is 44.2 Å². The molecule has 0 bridgehead atoms. The summed E-state index contributed by atoms with van der Waals surface area (Å²) in [5.41, 5.74) is 1.55. The van der Waals surface area contributed by atoms with Crippen molar-refractivity contribution in [2.24, 2.45) is 4.99 Å². The van der Waals surface area contributed by atoms with Gasteiger partial charge in [-0.3, -0.25) is 9.36 Å². The fourth-order valence-corrected chi connectivity index (χ4v) is 4.56. The van der Waals surface area contributed by atoms with Crippen LogP contribution in [0.5, 0.6) is 5.75 Å². The van der Waals surface area contributed by atoms with Gasteiger partial charge >= 0.3 is 5.97 Å². The van der Waals surface area contributed by atoms with Crippen molar-refractivity contribution in [3.8, 4) is 5.75 Å². The van der Waals surface area contributed by atoms with Crippen molar-refractivity contribution in [1.82, 2.24) is 4.57 Å². The van der Waals surface area contributed by atoms with Crippen LogP contribution in [-0.4, -0.2) is 22.2 Å². The molecule has 0 fully saturated rings. The van der Waals surface area contributed by atoms with Gasteiger partial charge in [-0.25, -0.2) is 14.2 Å². The number of aromatic nitrogens is 1. The van der Waals surface area contributed by atoms with Crippen LogP contribution < -0.4 is 14.9 Å². The molecule has 3 aromatic rings. The number of halogens is 1. The number of nitrogens with zero attached hydrogens (tertiary/aromatic N) is 2. The van der Waals surface area contributed by atoms with Gasteiger partial charge in [0.05, 0.1) is 28.5 Å². The number of carbonyl (C=O) groups excluding carboxylic acids is 1. The lowest BCUT2D eigenvalue weighted by atomic mass is 9.96. The Kier molecular flexibility index (Phi) is 5.56. The molecule has 1 atom stereocenters. The fourth-order valence-electron chi connectivity index (χ4n) is 3.51. The third-order valence-corrected chi connectivity index (χ3v) is 5.86. The summed E-state index contributed by atoms with van der Waals surface area (Å²) < 4.78 is 20.6. The van der Waals surface area contributed by atoms with Crippen LogP contribution >= 0.6 is 11.3 Å². The molecule has 0 radical (unpaired) electrons. The van der Waals surface area contributed by atoms with Crippen LogP contribution in [0.4, 0.5) is 4.39 Å². The summed E-state index contributed by atoms with van der Waals surface area (Å²) >= 11 is 1.17. The summed E-state index contributed by atoms with van der Waals surface area (Å²) in [6.07, 6.45) is 1.60. The number of carbonyl (C=O) groups is 1. The Morgan fingerprint density at radius 1 is 1.29 bits per heavy atom. The maximum absolute atomic E-state index is 13.6. The summed E-state index contributed by atoms with van der Waals surface area (Å²) in [4.78, 5) is 31.0. The minimum Gasteiger partial charge on any atom is -0.508 e. The quantitative estimate of drug-likeness (QED) is 0.635. The lowest BCUT2D eigenvalue weighted by Crippen LogP contribution is -2.39. The molecular weight excluding hydrogens is 419 g/mol. The smallest absolute Gasteiger partial charge is 0.338 e. The van der Waals surface area contributed by atoms with E-state index in [1.165, 1.54) is 40.2 Å². The standard InChI is InChI=1S/C23H19FN2O4S/c1-3-30-22(29)19-13(2)25-23-26(20(19)15-7-9-17(27)10-8-15)21(28)18(31-23)12-14-5-4-6-16(24)11-14/h4-12,20,27H,3H2,1-2H3/b18-12+/t20-/m1/s1. The SMILES string of the molecule is CCOC(=O)C1=C(C)N=c2s/c(=C/c3cccc(F)c3)c(=O)n2[C@@H]1c1ccc(O)cc1. The van der Waals surface area contributed by atoms with E-state index in [2.05, 4.69) is 4.99 Å². The summed E-state index contributed by atoms with van der Waals surface area (Å²) in [7, 11) is 0. The molecule has 0 amide bonds. The highest BCUT2D eigenvalue weighted by molar-refractivity contribution is 7.07. The average Bonchev–Trinajstić information content (AvgIpc) is 3.02. The van der Waals surface area contributed by atoms with E-state index in [0.717, 1.165) is 0 Å². The first-order valence-electron chi connectivity index (χ1n) is 9.63. The third kappa shape index (κ3) is 3.94. The number of rotatable bonds is 4. The Labute approximate surface area is 180 Å². The van der Waals surface area contributed by atoms with Crippen molar-refractivity contribution in [1.29, 1.82) is 0 Å². The Bertz CT molecular complexity index is 1370. The van der Waals surface area contributed by atoms with Gasteiger partial charge in [-0.15, -0.1) is 0 Å². The molecule has 1 aromatic heterocycles. The molecule has 1 N–H and O–H groups in total. The number of thiazole rings is 1. The predicted octanol–water partition coefficient (Wildman–Crippen LogP) is 2.64. The number of aromatic hydroxyl groups is 1. The van der Waals surface area contributed by atoms with Crippen LogP contribution in [-0.2, 0) is 9.53 Å². The number of esters is 1. The lowest BCUT2D eigenvalue weighted by Gasteiger charge is -2.24. The number of benzene rings is 2. The topological polar surface area (TPSA) is 80.9 Å². The Morgan fingerprint density at radius 2 is 2.03 bits per heavy atom. The van der Waals surface area contributed by atoms with Gasteiger partial charge in [-0.05, 0) is 55.3 Å². The molecule has 0 saturated carbocycles.